The van der Waals surface area contributed by atoms with Crippen LogP contribution in [0, 0.1) is 0 Å². The zero-order valence-corrected chi connectivity index (χ0v) is 26.6. The van der Waals surface area contributed by atoms with Gasteiger partial charge in [-0.15, -0.1) is 0 Å². The number of benzene rings is 1. The van der Waals surface area contributed by atoms with Gasteiger partial charge in [0.1, 0.15) is 0 Å². The van der Waals surface area contributed by atoms with Gasteiger partial charge in [0, 0.05) is 0 Å². The van der Waals surface area contributed by atoms with Gasteiger partial charge in [0.2, 0.25) is 0 Å². The SMILES string of the molecule is CCCCc1sc2[c]([Sn]([CH2]CCC)([CH2]CCC)[CH2]CCC)cc3sccc3c2c1CCCC. The van der Waals surface area contributed by atoms with Crippen LogP contribution in [0.2, 0.25) is 13.3 Å². The Kier molecular flexibility index (Phi) is 11.6. The first kappa shape index (κ1) is 27.5. The van der Waals surface area contributed by atoms with Crippen molar-refractivity contribution in [3.63, 3.8) is 0 Å². The van der Waals surface area contributed by atoms with Crippen molar-refractivity contribution in [2.45, 2.75) is 125 Å². The molecule has 3 heteroatoms. The van der Waals surface area contributed by atoms with Gasteiger partial charge in [0.25, 0.3) is 0 Å². The molecule has 0 fully saturated rings. The van der Waals surface area contributed by atoms with Crippen LogP contribution in [0.4, 0.5) is 0 Å². The molecule has 0 amide bonds. The van der Waals surface area contributed by atoms with Crippen molar-refractivity contribution >= 4 is 64.8 Å². The third kappa shape index (κ3) is 6.39. The molecule has 3 aromatic rings. The van der Waals surface area contributed by atoms with E-state index in [1.54, 1.807) is 43.9 Å². The van der Waals surface area contributed by atoms with Crippen LogP contribution in [0.15, 0.2) is 17.5 Å². The predicted octanol–water partition coefficient (Wildman–Crippen LogP) is 10.9. The van der Waals surface area contributed by atoms with Crippen LogP contribution in [0.5, 0.6) is 0 Å². The van der Waals surface area contributed by atoms with E-state index >= 15 is 0 Å². The first-order valence-electron chi connectivity index (χ1n) is 14.1. The number of unbranched alkanes of at least 4 members (excludes halogenated alkanes) is 5. The standard InChI is InChI=1S/C18H21S2.3C4H9.Sn/c1-3-5-7-13-16(8-6-4-2)20-17-10-9-15-14(18(13)17)11-12-19-15;3*1-3-4-2;/h9,11-12H,3-8H2,1-2H3;3*1,3-4H2,2H3;. The zero-order chi connectivity index (χ0) is 23.7. The fourth-order valence-corrected chi connectivity index (χ4v) is 26.3. The van der Waals surface area contributed by atoms with Crippen molar-refractivity contribution in [1.82, 2.24) is 0 Å². The molecule has 0 aliphatic carbocycles. The summed E-state index contributed by atoms with van der Waals surface area (Å²) in [4.78, 5) is 1.74. The third-order valence-corrected chi connectivity index (χ3v) is 26.0. The Morgan fingerprint density at radius 3 is 1.88 bits per heavy atom. The molecule has 2 aromatic heterocycles. The van der Waals surface area contributed by atoms with E-state index in [1.807, 2.05) is 14.9 Å². The van der Waals surface area contributed by atoms with E-state index in [0.717, 1.165) is 0 Å². The molecular formula is C30H48S2Sn. The van der Waals surface area contributed by atoms with Gasteiger partial charge in [-0.2, -0.15) is 0 Å². The van der Waals surface area contributed by atoms with Crippen molar-refractivity contribution in [3.8, 4) is 0 Å². The zero-order valence-electron chi connectivity index (χ0n) is 22.2. The quantitative estimate of drug-likeness (QED) is 0.145. The predicted molar refractivity (Wildman–Crippen MR) is 159 cm³/mol. The molecular weight excluding hydrogens is 543 g/mol. The second kappa shape index (κ2) is 13.9. The molecule has 0 spiro atoms. The Hall–Kier alpha value is -0.0613. The van der Waals surface area contributed by atoms with Gasteiger partial charge in [-0.05, 0) is 0 Å². The van der Waals surface area contributed by atoms with E-state index in [-0.39, 0.29) is 0 Å². The first-order valence-corrected chi connectivity index (χ1v) is 23.3. The molecule has 0 aliphatic rings. The summed E-state index contributed by atoms with van der Waals surface area (Å²) >= 11 is 1.73. The van der Waals surface area contributed by atoms with Gasteiger partial charge in [-0.25, -0.2) is 0 Å². The molecule has 3 rings (SSSR count). The van der Waals surface area contributed by atoms with Crippen LogP contribution in [-0.2, 0) is 12.8 Å². The summed E-state index contributed by atoms with van der Waals surface area (Å²) in [6.45, 7) is 11.9. The molecule has 0 nitrogen and oxygen atoms in total. The van der Waals surface area contributed by atoms with E-state index < -0.39 is 18.4 Å². The van der Waals surface area contributed by atoms with E-state index in [1.165, 1.54) is 77.0 Å². The minimum absolute atomic E-state index is 1.28. The summed E-state index contributed by atoms with van der Waals surface area (Å²) in [6, 6.07) is 5.20. The molecule has 0 bridgehead atoms. The van der Waals surface area contributed by atoms with Crippen molar-refractivity contribution in [2.24, 2.45) is 0 Å². The fraction of sp³-hybridized carbons (Fsp3) is 0.667. The van der Waals surface area contributed by atoms with E-state index in [0.29, 0.717) is 0 Å². The van der Waals surface area contributed by atoms with Gasteiger partial charge in [0.15, 0.2) is 0 Å². The van der Waals surface area contributed by atoms with Crippen LogP contribution < -0.4 is 3.58 Å². The Bertz CT molecular complexity index is 958. The molecule has 0 radical (unpaired) electrons. The van der Waals surface area contributed by atoms with Gasteiger partial charge >= 0.3 is 218 Å². The van der Waals surface area contributed by atoms with Crippen molar-refractivity contribution < 1.29 is 0 Å². The summed E-state index contributed by atoms with van der Waals surface area (Å²) < 4.78 is 10.0. The van der Waals surface area contributed by atoms with Crippen LogP contribution in [0.3, 0.4) is 0 Å². The summed E-state index contributed by atoms with van der Waals surface area (Å²) in [6.07, 6.45) is 16.3. The van der Waals surface area contributed by atoms with Gasteiger partial charge in [-0.1, -0.05) is 0 Å². The average molecular weight is 592 g/mol. The number of aryl methyl sites for hydroxylation is 2. The molecule has 2 heterocycles. The minimum atomic E-state index is -2.52. The molecule has 0 saturated heterocycles. The third-order valence-electron chi connectivity index (χ3n) is 7.71. The number of hydrogen-bond acceptors (Lipinski definition) is 2. The summed E-state index contributed by atoms with van der Waals surface area (Å²) in [5.74, 6) is 0. The molecule has 0 N–H and O–H groups in total. The Balaban J connectivity index is 2.30. The van der Waals surface area contributed by atoms with E-state index in [2.05, 4.69) is 63.5 Å². The molecule has 0 aliphatic heterocycles. The number of rotatable bonds is 16. The summed E-state index contributed by atoms with van der Waals surface area (Å²) in [5.41, 5.74) is 1.75. The molecule has 1 aromatic carbocycles. The molecule has 0 atom stereocenters. The van der Waals surface area contributed by atoms with E-state index in [4.69, 9.17) is 0 Å². The first-order chi connectivity index (χ1) is 16.2. The average Bonchev–Trinajstić information content (AvgIpc) is 3.44. The van der Waals surface area contributed by atoms with E-state index in [9.17, 15) is 0 Å². The summed E-state index contributed by atoms with van der Waals surface area (Å²) in [5, 5.41) is 5.65. The van der Waals surface area contributed by atoms with Crippen molar-refractivity contribution in [3.05, 3.63) is 28.0 Å². The molecule has 33 heavy (non-hydrogen) atoms. The second-order valence-corrected chi connectivity index (χ2v) is 25.4. The summed E-state index contributed by atoms with van der Waals surface area (Å²) in [7, 11) is 0. The van der Waals surface area contributed by atoms with Crippen LogP contribution in [0.1, 0.15) is 109 Å². The fourth-order valence-electron chi connectivity index (χ4n) is 5.70. The maximum atomic E-state index is 2.75. The topological polar surface area (TPSA) is 0 Å². The molecule has 184 valence electrons. The van der Waals surface area contributed by atoms with Crippen LogP contribution in [-0.4, -0.2) is 18.4 Å². The number of thiophene rings is 2. The Morgan fingerprint density at radius 2 is 1.30 bits per heavy atom. The Labute approximate surface area is 216 Å². The Morgan fingerprint density at radius 1 is 0.727 bits per heavy atom. The molecule has 0 saturated carbocycles. The van der Waals surface area contributed by atoms with Crippen molar-refractivity contribution in [1.29, 1.82) is 0 Å². The second-order valence-electron chi connectivity index (χ2n) is 10.3. The number of fused-ring (bicyclic) bond motifs is 3. The maximum absolute atomic E-state index is 2.75. The van der Waals surface area contributed by atoms with Crippen molar-refractivity contribution in [2.75, 3.05) is 0 Å². The van der Waals surface area contributed by atoms with Crippen LogP contribution in [0.25, 0.3) is 20.2 Å². The van der Waals surface area contributed by atoms with Gasteiger partial charge in [0.05, 0.1) is 0 Å². The van der Waals surface area contributed by atoms with Crippen LogP contribution >= 0.6 is 22.7 Å². The normalized spacial score (nSPS) is 12.4. The van der Waals surface area contributed by atoms with Gasteiger partial charge in [-0.3, -0.25) is 0 Å². The van der Waals surface area contributed by atoms with Gasteiger partial charge < -0.3 is 0 Å². The number of hydrogen-bond donors (Lipinski definition) is 0. The molecule has 0 unspecified atom stereocenters. The monoisotopic (exact) mass is 592 g/mol.